The summed E-state index contributed by atoms with van der Waals surface area (Å²) in [5.74, 6) is 2.11. The molecule has 0 bridgehead atoms. The zero-order chi connectivity index (χ0) is 23.4. The van der Waals surface area contributed by atoms with Crippen LogP contribution in [0.3, 0.4) is 0 Å². The van der Waals surface area contributed by atoms with Gasteiger partial charge in [0, 0.05) is 7.05 Å². The Labute approximate surface area is 198 Å². The molecule has 4 rings (SSSR count). The number of halogens is 1. The normalized spacial score (nSPS) is 13.5. The number of methoxy groups -OCH3 is 1. The van der Waals surface area contributed by atoms with E-state index < -0.39 is 11.6 Å². The summed E-state index contributed by atoms with van der Waals surface area (Å²) in [5.41, 5.74) is -1.02. The molecule has 33 heavy (non-hydrogen) atoms. The number of benzene rings is 1. The Morgan fingerprint density at radius 3 is 2.39 bits per heavy atom. The minimum absolute atomic E-state index is 0.187. The fourth-order valence-electron chi connectivity index (χ4n) is 3.06. The number of pyridine rings is 1. The number of carbonyl (C=O) groups excluding carboxylic acids is 2. The van der Waals surface area contributed by atoms with E-state index in [-0.39, 0.29) is 11.7 Å². The van der Waals surface area contributed by atoms with Crippen molar-refractivity contribution in [3.63, 3.8) is 0 Å². The predicted molar refractivity (Wildman–Crippen MR) is 122 cm³/mol. The highest BCUT2D eigenvalue weighted by Gasteiger charge is 2.53. The lowest BCUT2D eigenvalue weighted by molar-refractivity contribution is -0.121. The first-order valence-corrected chi connectivity index (χ1v) is 10.7. The molecule has 0 unspecified atom stereocenters. The molecule has 3 aromatic rings. The lowest BCUT2D eigenvalue weighted by Gasteiger charge is -2.23. The largest absolute Gasteiger partial charge is 0.497 e. The van der Waals surface area contributed by atoms with Crippen LogP contribution in [0.5, 0.6) is 23.0 Å². The molecule has 0 atom stereocenters. The Morgan fingerprint density at radius 2 is 1.79 bits per heavy atom. The van der Waals surface area contributed by atoms with Crippen LogP contribution < -0.4 is 24.4 Å². The average molecular weight is 514 g/mol. The molecule has 1 aliphatic carbocycles. The number of carbonyl (C=O) groups is 2. The number of anilines is 1. The van der Waals surface area contributed by atoms with E-state index in [0.717, 1.165) is 4.47 Å². The Morgan fingerprint density at radius 1 is 1.06 bits per heavy atom. The molecule has 2 amide bonds. The molecule has 10 nitrogen and oxygen atoms in total. The third kappa shape index (κ3) is 5.20. The van der Waals surface area contributed by atoms with Crippen molar-refractivity contribution in [3.8, 4) is 23.0 Å². The number of hydrogen-bond donors (Lipinski definition) is 1. The number of likely N-dealkylation sites (N-methyl/N-ethyl adjacent to an activating group) is 1. The fourth-order valence-corrected chi connectivity index (χ4v) is 3.50. The third-order valence-corrected chi connectivity index (χ3v) is 5.60. The monoisotopic (exact) mass is 513 g/mol. The van der Waals surface area contributed by atoms with Gasteiger partial charge in [0.2, 0.25) is 0 Å². The van der Waals surface area contributed by atoms with Gasteiger partial charge in [0.15, 0.2) is 5.75 Å². The number of ether oxygens (including phenoxy) is 3. The number of aromatic nitrogens is 3. The van der Waals surface area contributed by atoms with E-state index >= 15 is 0 Å². The standard InChI is InChI=1S/C22H20BrN5O5/c1-28(20(29)22(7-8-22)27-21(30)33-16-10-24-13-25-11-16)19-6-4-15(12-26-19)32-18-5-3-14(31-2)9-17(18)23/h3-6,9-13H,7-8H2,1-2H3,(H,27,30). The Hall–Kier alpha value is -3.73. The first kappa shape index (κ1) is 22.5. The molecule has 1 aliphatic rings. The van der Waals surface area contributed by atoms with Crippen LogP contribution >= 0.6 is 15.9 Å². The quantitative estimate of drug-likeness (QED) is 0.508. The summed E-state index contributed by atoms with van der Waals surface area (Å²) >= 11 is 3.44. The van der Waals surface area contributed by atoms with Gasteiger partial charge in [-0.15, -0.1) is 0 Å². The molecule has 1 saturated carbocycles. The topological polar surface area (TPSA) is 116 Å². The Balaban J connectivity index is 1.39. The third-order valence-electron chi connectivity index (χ3n) is 4.98. The second kappa shape index (κ2) is 9.41. The van der Waals surface area contributed by atoms with E-state index in [1.54, 1.807) is 44.5 Å². The van der Waals surface area contributed by atoms with Gasteiger partial charge in [-0.3, -0.25) is 9.69 Å². The summed E-state index contributed by atoms with van der Waals surface area (Å²) in [5, 5.41) is 2.65. The molecule has 2 heterocycles. The molecular weight excluding hydrogens is 494 g/mol. The summed E-state index contributed by atoms with van der Waals surface area (Å²) in [7, 11) is 3.19. The Kier molecular flexibility index (Phi) is 6.40. The van der Waals surface area contributed by atoms with Crippen LogP contribution in [0.15, 0.2) is 59.7 Å². The second-order valence-corrected chi connectivity index (χ2v) is 8.14. The maximum atomic E-state index is 13.0. The van der Waals surface area contributed by atoms with Crippen molar-refractivity contribution in [2.45, 2.75) is 18.4 Å². The predicted octanol–water partition coefficient (Wildman–Crippen LogP) is 3.72. The summed E-state index contributed by atoms with van der Waals surface area (Å²) in [4.78, 5) is 38.5. The molecule has 1 fully saturated rings. The fraction of sp³-hybridized carbons (Fsp3) is 0.227. The van der Waals surface area contributed by atoms with Crippen molar-refractivity contribution < 1.29 is 23.8 Å². The number of nitrogens with one attached hydrogen (secondary N) is 1. The van der Waals surface area contributed by atoms with E-state index in [2.05, 4.69) is 36.2 Å². The molecule has 0 saturated heterocycles. The first-order valence-electron chi connectivity index (χ1n) is 9.91. The van der Waals surface area contributed by atoms with Gasteiger partial charge in [0.1, 0.15) is 34.9 Å². The van der Waals surface area contributed by atoms with Crippen LogP contribution in [0.2, 0.25) is 0 Å². The molecular formula is C22H20BrN5O5. The van der Waals surface area contributed by atoms with E-state index in [9.17, 15) is 9.59 Å². The molecule has 2 aromatic heterocycles. The number of rotatable bonds is 7. The second-order valence-electron chi connectivity index (χ2n) is 7.29. The molecule has 0 aliphatic heterocycles. The van der Waals surface area contributed by atoms with Gasteiger partial charge in [0.25, 0.3) is 5.91 Å². The zero-order valence-corrected chi connectivity index (χ0v) is 19.4. The van der Waals surface area contributed by atoms with Crippen LogP contribution in [0, 0.1) is 0 Å². The minimum Gasteiger partial charge on any atom is -0.497 e. The maximum absolute atomic E-state index is 13.0. The van der Waals surface area contributed by atoms with Crippen LogP contribution in [0.25, 0.3) is 0 Å². The van der Waals surface area contributed by atoms with E-state index in [4.69, 9.17) is 14.2 Å². The summed E-state index contributed by atoms with van der Waals surface area (Å²) in [6.07, 6.45) is 5.82. The van der Waals surface area contributed by atoms with Crippen LogP contribution in [0.4, 0.5) is 10.6 Å². The van der Waals surface area contributed by atoms with E-state index in [1.807, 2.05) is 0 Å². The van der Waals surface area contributed by atoms with Gasteiger partial charge in [0.05, 0.1) is 30.2 Å². The van der Waals surface area contributed by atoms with Gasteiger partial charge in [-0.1, -0.05) is 0 Å². The minimum atomic E-state index is -1.02. The Bertz CT molecular complexity index is 1160. The van der Waals surface area contributed by atoms with Gasteiger partial charge in [-0.2, -0.15) is 0 Å². The molecule has 0 spiro atoms. The van der Waals surface area contributed by atoms with Gasteiger partial charge in [-0.05, 0) is 59.1 Å². The first-order chi connectivity index (χ1) is 15.9. The smallest absolute Gasteiger partial charge is 0.413 e. The van der Waals surface area contributed by atoms with Gasteiger partial charge in [-0.25, -0.2) is 19.7 Å². The lowest BCUT2D eigenvalue weighted by atomic mass is 10.2. The number of amides is 2. The lowest BCUT2D eigenvalue weighted by Crippen LogP contribution is -2.50. The molecule has 1 N–H and O–H groups in total. The number of hydrogen-bond acceptors (Lipinski definition) is 8. The SMILES string of the molecule is COc1ccc(Oc2ccc(N(C)C(=O)C3(NC(=O)Oc4cncnc4)CC3)nc2)c(Br)c1. The average Bonchev–Trinajstić information content (AvgIpc) is 3.60. The van der Waals surface area contributed by atoms with Crippen LogP contribution in [-0.2, 0) is 4.79 Å². The van der Waals surface area contributed by atoms with Crippen molar-refractivity contribution in [1.29, 1.82) is 0 Å². The highest BCUT2D eigenvalue weighted by atomic mass is 79.9. The number of nitrogens with zero attached hydrogens (tertiary/aromatic N) is 4. The molecule has 1 aromatic carbocycles. The van der Waals surface area contributed by atoms with Crippen molar-refractivity contribution >= 4 is 33.7 Å². The van der Waals surface area contributed by atoms with Crippen molar-refractivity contribution in [3.05, 3.63) is 59.7 Å². The summed E-state index contributed by atoms with van der Waals surface area (Å²) < 4.78 is 16.9. The molecule has 11 heteroatoms. The van der Waals surface area contributed by atoms with E-state index in [1.165, 1.54) is 29.8 Å². The summed E-state index contributed by atoms with van der Waals surface area (Å²) in [6.45, 7) is 0. The highest BCUT2D eigenvalue weighted by Crippen LogP contribution is 2.38. The van der Waals surface area contributed by atoms with Crippen LogP contribution in [-0.4, -0.2) is 46.6 Å². The van der Waals surface area contributed by atoms with Gasteiger partial charge >= 0.3 is 6.09 Å². The van der Waals surface area contributed by atoms with E-state index in [0.29, 0.717) is 35.9 Å². The molecule has 0 radical (unpaired) electrons. The zero-order valence-electron chi connectivity index (χ0n) is 17.8. The highest BCUT2D eigenvalue weighted by molar-refractivity contribution is 9.10. The van der Waals surface area contributed by atoms with Gasteiger partial charge < -0.3 is 19.5 Å². The van der Waals surface area contributed by atoms with Crippen molar-refractivity contribution in [1.82, 2.24) is 20.3 Å². The summed E-state index contributed by atoms with van der Waals surface area (Å²) in [6, 6.07) is 8.73. The van der Waals surface area contributed by atoms with Crippen LogP contribution in [0.1, 0.15) is 12.8 Å². The maximum Gasteiger partial charge on any atom is 0.413 e. The molecule has 170 valence electrons. The van der Waals surface area contributed by atoms with Crippen molar-refractivity contribution in [2.24, 2.45) is 0 Å². The van der Waals surface area contributed by atoms with Crippen molar-refractivity contribution in [2.75, 3.05) is 19.1 Å².